The molecule has 1 aliphatic rings. The second-order valence-corrected chi connectivity index (χ2v) is 4.56. The normalized spacial score (nSPS) is 16.1. The highest BCUT2D eigenvalue weighted by atomic mass is 16.1. The van der Waals surface area contributed by atoms with E-state index in [4.69, 9.17) is 5.73 Å². The fourth-order valence-corrected chi connectivity index (χ4v) is 2.29. The summed E-state index contributed by atoms with van der Waals surface area (Å²) in [7, 11) is 0. The van der Waals surface area contributed by atoms with Crippen molar-refractivity contribution < 1.29 is 0 Å². The van der Waals surface area contributed by atoms with Gasteiger partial charge >= 0.3 is 0 Å². The first-order valence-electron chi connectivity index (χ1n) is 6.21. The fourth-order valence-electron chi connectivity index (χ4n) is 2.29. The van der Waals surface area contributed by atoms with Gasteiger partial charge in [-0.25, -0.2) is 0 Å². The van der Waals surface area contributed by atoms with Gasteiger partial charge < -0.3 is 10.3 Å². The Labute approximate surface area is 96.3 Å². The van der Waals surface area contributed by atoms with Crippen molar-refractivity contribution in [3.8, 4) is 0 Å². The van der Waals surface area contributed by atoms with E-state index in [9.17, 15) is 4.79 Å². The minimum Gasteiger partial charge on any atom is -0.326 e. The maximum atomic E-state index is 12.2. The lowest BCUT2D eigenvalue weighted by atomic mass is 9.92. The van der Waals surface area contributed by atoms with E-state index < -0.39 is 0 Å². The Balaban J connectivity index is 2.45. The molecule has 1 heterocycles. The SMILES string of the molecule is CCCc1ccc(CN)c(=O)n1C1CCC1. The van der Waals surface area contributed by atoms with Crippen molar-refractivity contribution in [1.82, 2.24) is 4.57 Å². The Morgan fingerprint density at radius 2 is 2.19 bits per heavy atom. The number of rotatable bonds is 4. The molecule has 3 nitrogen and oxygen atoms in total. The summed E-state index contributed by atoms with van der Waals surface area (Å²) in [4.78, 5) is 12.2. The van der Waals surface area contributed by atoms with E-state index in [2.05, 4.69) is 13.0 Å². The van der Waals surface area contributed by atoms with Crippen molar-refractivity contribution in [2.75, 3.05) is 0 Å². The summed E-state index contributed by atoms with van der Waals surface area (Å²) >= 11 is 0. The lowest BCUT2D eigenvalue weighted by molar-refractivity contribution is 0.298. The molecule has 0 unspecified atom stereocenters. The van der Waals surface area contributed by atoms with Crippen molar-refractivity contribution >= 4 is 0 Å². The van der Waals surface area contributed by atoms with Crippen LogP contribution in [0.1, 0.15) is 49.9 Å². The number of pyridine rings is 1. The van der Waals surface area contributed by atoms with Crippen LogP contribution in [-0.2, 0) is 13.0 Å². The minimum absolute atomic E-state index is 0.137. The van der Waals surface area contributed by atoms with Crippen LogP contribution in [0.15, 0.2) is 16.9 Å². The zero-order chi connectivity index (χ0) is 11.5. The molecule has 2 rings (SSSR count). The van der Waals surface area contributed by atoms with Crippen LogP contribution in [0.4, 0.5) is 0 Å². The van der Waals surface area contributed by atoms with E-state index in [1.807, 2.05) is 10.6 Å². The van der Waals surface area contributed by atoms with E-state index in [0.717, 1.165) is 31.2 Å². The monoisotopic (exact) mass is 220 g/mol. The Kier molecular flexibility index (Phi) is 3.44. The Bertz CT molecular complexity index is 418. The van der Waals surface area contributed by atoms with Gasteiger partial charge in [-0.15, -0.1) is 0 Å². The van der Waals surface area contributed by atoms with Crippen molar-refractivity contribution in [2.45, 2.75) is 51.6 Å². The molecule has 0 bridgehead atoms. The van der Waals surface area contributed by atoms with E-state index in [0.29, 0.717) is 12.6 Å². The molecule has 1 saturated carbocycles. The molecule has 1 aromatic rings. The number of hydrogen-bond donors (Lipinski definition) is 1. The van der Waals surface area contributed by atoms with Crippen LogP contribution in [0.3, 0.4) is 0 Å². The highest BCUT2D eigenvalue weighted by Crippen LogP contribution is 2.31. The van der Waals surface area contributed by atoms with Gasteiger partial charge in [-0.05, 0) is 31.7 Å². The van der Waals surface area contributed by atoms with E-state index >= 15 is 0 Å². The Morgan fingerprint density at radius 1 is 1.44 bits per heavy atom. The minimum atomic E-state index is 0.137. The average molecular weight is 220 g/mol. The largest absolute Gasteiger partial charge is 0.326 e. The van der Waals surface area contributed by atoms with Crippen molar-refractivity contribution in [1.29, 1.82) is 0 Å². The molecule has 88 valence electrons. The predicted octanol–water partition coefficient (Wildman–Crippen LogP) is 1.98. The molecule has 1 fully saturated rings. The quantitative estimate of drug-likeness (QED) is 0.843. The topological polar surface area (TPSA) is 48.0 Å². The summed E-state index contributed by atoms with van der Waals surface area (Å²) in [5.74, 6) is 0. The van der Waals surface area contributed by atoms with Gasteiger partial charge in [0, 0.05) is 23.8 Å². The van der Waals surface area contributed by atoms with Crippen LogP contribution in [0.25, 0.3) is 0 Å². The third-order valence-electron chi connectivity index (χ3n) is 3.45. The molecule has 1 aliphatic carbocycles. The maximum absolute atomic E-state index is 12.2. The summed E-state index contributed by atoms with van der Waals surface area (Å²) in [6.07, 6.45) is 5.59. The summed E-state index contributed by atoms with van der Waals surface area (Å²) in [5.41, 5.74) is 7.64. The van der Waals surface area contributed by atoms with Crippen LogP contribution in [0.2, 0.25) is 0 Å². The molecule has 1 aromatic heterocycles. The van der Waals surface area contributed by atoms with Crippen LogP contribution in [-0.4, -0.2) is 4.57 Å². The second-order valence-electron chi connectivity index (χ2n) is 4.56. The molecular weight excluding hydrogens is 200 g/mol. The van der Waals surface area contributed by atoms with Crippen molar-refractivity contribution in [2.24, 2.45) is 5.73 Å². The summed E-state index contributed by atoms with van der Waals surface area (Å²) in [6.45, 7) is 2.49. The van der Waals surface area contributed by atoms with Crippen molar-refractivity contribution in [3.05, 3.63) is 33.7 Å². The molecule has 3 heteroatoms. The molecule has 2 N–H and O–H groups in total. The van der Waals surface area contributed by atoms with E-state index in [-0.39, 0.29) is 5.56 Å². The molecule has 0 radical (unpaired) electrons. The van der Waals surface area contributed by atoms with Crippen LogP contribution in [0, 0.1) is 0 Å². The fraction of sp³-hybridized carbons (Fsp3) is 0.615. The molecule has 0 aromatic carbocycles. The number of nitrogens with zero attached hydrogens (tertiary/aromatic N) is 1. The first-order valence-corrected chi connectivity index (χ1v) is 6.21. The Hall–Kier alpha value is -1.09. The van der Waals surface area contributed by atoms with Gasteiger partial charge in [0.2, 0.25) is 0 Å². The molecular formula is C13H20N2O. The van der Waals surface area contributed by atoms with Gasteiger partial charge in [-0.2, -0.15) is 0 Å². The summed E-state index contributed by atoms with van der Waals surface area (Å²) in [6, 6.07) is 4.40. The molecule has 0 saturated heterocycles. The smallest absolute Gasteiger partial charge is 0.255 e. The van der Waals surface area contributed by atoms with Crippen LogP contribution < -0.4 is 11.3 Å². The zero-order valence-corrected chi connectivity index (χ0v) is 9.91. The maximum Gasteiger partial charge on any atom is 0.255 e. The van der Waals surface area contributed by atoms with E-state index in [1.54, 1.807) is 0 Å². The second kappa shape index (κ2) is 4.83. The summed E-state index contributed by atoms with van der Waals surface area (Å²) < 4.78 is 2.00. The van der Waals surface area contributed by atoms with Crippen LogP contribution >= 0.6 is 0 Å². The first-order chi connectivity index (χ1) is 7.77. The third-order valence-corrected chi connectivity index (χ3v) is 3.45. The lowest BCUT2D eigenvalue weighted by Crippen LogP contribution is -2.34. The molecule has 0 aliphatic heterocycles. The number of nitrogens with two attached hydrogens (primary N) is 1. The molecule has 0 amide bonds. The highest BCUT2D eigenvalue weighted by molar-refractivity contribution is 5.17. The van der Waals surface area contributed by atoms with Gasteiger partial charge in [0.05, 0.1) is 0 Å². The van der Waals surface area contributed by atoms with Crippen molar-refractivity contribution in [3.63, 3.8) is 0 Å². The third kappa shape index (κ3) is 1.92. The molecule has 0 spiro atoms. The van der Waals surface area contributed by atoms with Gasteiger partial charge in [0.15, 0.2) is 0 Å². The average Bonchev–Trinajstić information content (AvgIpc) is 2.21. The zero-order valence-electron chi connectivity index (χ0n) is 9.91. The Morgan fingerprint density at radius 3 is 2.69 bits per heavy atom. The molecule has 0 atom stereocenters. The number of hydrogen-bond acceptors (Lipinski definition) is 2. The van der Waals surface area contributed by atoms with Gasteiger partial charge in [-0.3, -0.25) is 4.79 Å². The number of aryl methyl sites for hydroxylation is 1. The predicted molar refractivity (Wildman–Crippen MR) is 65.5 cm³/mol. The van der Waals surface area contributed by atoms with Gasteiger partial charge in [0.1, 0.15) is 0 Å². The van der Waals surface area contributed by atoms with Gasteiger partial charge in [0.25, 0.3) is 5.56 Å². The van der Waals surface area contributed by atoms with Gasteiger partial charge in [-0.1, -0.05) is 19.4 Å². The highest BCUT2D eigenvalue weighted by Gasteiger charge is 2.23. The summed E-state index contributed by atoms with van der Waals surface area (Å²) in [5, 5.41) is 0. The number of aromatic nitrogens is 1. The molecule has 16 heavy (non-hydrogen) atoms. The standard InChI is InChI=1S/C13H20N2O/c1-2-4-11-8-7-10(9-14)13(16)15(11)12-5-3-6-12/h7-8,12H,2-6,9,14H2,1H3. The van der Waals surface area contributed by atoms with Crippen LogP contribution in [0.5, 0.6) is 0 Å². The van der Waals surface area contributed by atoms with E-state index in [1.165, 1.54) is 12.1 Å². The lowest BCUT2D eigenvalue weighted by Gasteiger charge is -2.30. The first kappa shape index (κ1) is 11.4.